The second kappa shape index (κ2) is 16.1. The first-order chi connectivity index (χ1) is 21.0. The Hall–Kier alpha value is -3.83. The lowest BCUT2D eigenvalue weighted by atomic mass is 9.75. The van der Waals surface area contributed by atoms with Crippen molar-refractivity contribution in [1.82, 2.24) is 20.5 Å². The molecule has 1 aliphatic heterocycles. The van der Waals surface area contributed by atoms with Gasteiger partial charge in [-0.1, -0.05) is 0 Å². The van der Waals surface area contributed by atoms with Crippen molar-refractivity contribution in [3.63, 3.8) is 0 Å². The maximum absolute atomic E-state index is 13.4. The van der Waals surface area contributed by atoms with E-state index in [2.05, 4.69) is 21.7 Å². The third-order valence-electron chi connectivity index (χ3n) is 7.54. The largest absolute Gasteiger partial charge is 0.484 e. The first kappa shape index (κ1) is 32.1. The van der Waals surface area contributed by atoms with Crippen LogP contribution in [0.4, 0.5) is 0 Å². The highest BCUT2D eigenvalue weighted by molar-refractivity contribution is 6.08. The van der Waals surface area contributed by atoms with Crippen LogP contribution in [-0.2, 0) is 23.8 Å². The predicted octanol–water partition coefficient (Wildman–Crippen LogP) is 0.905. The van der Waals surface area contributed by atoms with Crippen molar-refractivity contribution in [3.8, 4) is 11.8 Å². The fraction of sp³-hybridized carbons (Fsp3) is 0.567. The van der Waals surface area contributed by atoms with Crippen molar-refractivity contribution >= 4 is 28.6 Å². The number of ether oxygens (including phenoxy) is 4. The zero-order valence-electron chi connectivity index (χ0n) is 24.3. The summed E-state index contributed by atoms with van der Waals surface area (Å²) in [6.07, 6.45) is 4.88. The van der Waals surface area contributed by atoms with E-state index in [-0.39, 0.29) is 24.3 Å². The van der Waals surface area contributed by atoms with Crippen molar-refractivity contribution in [2.24, 2.45) is 5.73 Å². The van der Waals surface area contributed by atoms with Gasteiger partial charge in [-0.15, -0.1) is 0 Å². The van der Waals surface area contributed by atoms with Gasteiger partial charge in [0.2, 0.25) is 5.91 Å². The van der Waals surface area contributed by atoms with Gasteiger partial charge in [-0.05, 0) is 50.3 Å². The number of carbonyl (C=O) groups excluding carboxylic acids is 3. The van der Waals surface area contributed by atoms with Gasteiger partial charge in [0.1, 0.15) is 17.3 Å². The van der Waals surface area contributed by atoms with Crippen LogP contribution in [0.2, 0.25) is 0 Å². The molecule has 13 heteroatoms. The molecule has 2 fully saturated rings. The summed E-state index contributed by atoms with van der Waals surface area (Å²) in [4.78, 5) is 44.9. The Kier molecular flexibility index (Phi) is 12.0. The fourth-order valence-corrected chi connectivity index (χ4v) is 5.13. The highest BCUT2D eigenvalue weighted by Crippen LogP contribution is 2.36. The molecule has 4 N–H and O–H groups in total. The standard InChI is InChI=1S/C30H40N6O7/c31-9-13-40-15-17-42-18-16-41-14-11-34-27(37)21-43-23-4-5-24-25(6-10-33-26(24)19-23)28(38)35-30(7-2-8-30)29(39)36-12-1-3-22(36)20-32/h4-6,10,19,22H,1-3,7-9,11-18,21,31H2,(H,34,37)(H,35,38)/t22-/m0/s1. The summed E-state index contributed by atoms with van der Waals surface area (Å²) in [6.45, 7) is 3.81. The number of nitrogens with two attached hydrogens (primary N) is 1. The Balaban J connectivity index is 1.22. The van der Waals surface area contributed by atoms with E-state index < -0.39 is 11.6 Å². The molecule has 13 nitrogen and oxygen atoms in total. The summed E-state index contributed by atoms with van der Waals surface area (Å²) >= 11 is 0. The van der Waals surface area contributed by atoms with Gasteiger partial charge in [-0.25, -0.2) is 0 Å². The molecule has 232 valence electrons. The highest BCUT2D eigenvalue weighted by atomic mass is 16.5. The minimum Gasteiger partial charge on any atom is -0.484 e. The van der Waals surface area contributed by atoms with Crippen LogP contribution in [0.3, 0.4) is 0 Å². The van der Waals surface area contributed by atoms with Gasteiger partial charge in [-0.2, -0.15) is 5.26 Å². The molecule has 1 saturated heterocycles. The molecule has 2 aromatic rings. The number of likely N-dealkylation sites (tertiary alicyclic amines) is 1. The number of hydrogen-bond acceptors (Lipinski definition) is 10. The Labute approximate surface area is 251 Å². The zero-order chi connectivity index (χ0) is 30.5. The van der Waals surface area contributed by atoms with Crippen molar-refractivity contribution in [2.45, 2.75) is 43.7 Å². The molecule has 1 saturated carbocycles. The van der Waals surface area contributed by atoms with Crippen LogP contribution in [0.25, 0.3) is 10.9 Å². The van der Waals surface area contributed by atoms with E-state index in [1.54, 1.807) is 29.2 Å². The van der Waals surface area contributed by atoms with E-state index in [4.69, 9.17) is 24.7 Å². The van der Waals surface area contributed by atoms with Gasteiger partial charge < -0.3 is 40.2 Å². The Morgan fingerprint density at radius 1 is 1.05 bits per heavy atom. The molecule has 1 atom stereocenters. The second-order valence-corrected chi connectivity index (χ2v) is 10.5. The average molecular weight is 597 g/mol. The van der Waals surface area contributed by atoms with Crippen LogP contribution in [0, 0.1) is 11.3 Å². The minimum absolute atomic E-state index is 0.177. The van der Waals surface area contributed by atoms with Crippen LogP contribution in [0.15, 0.2) is 30.5 Å². The van der Waals surface area contributed by atoms with Crippen LogP contribution in [-0.4, -0.2) is 105 Å². The fourth-order valence-electron chi connectivity index (χ4n) is 5.13. The molecular weight excluding hydrogens is 556 g/mol. The van der Waals surface area contributed by atoms with Crippen LogP contribution in [0.1, 0.15) is 42.5 Å². The van der Waals surface area contributed by atoms with Crippen LogP contribution < -0.4 is 21.1 Å². The molecule has 0 spiro atoms. The van der Waals surface area contributed by atoms with Crippen LogP contribution >= 0.6 is 0 Å². The topological polar surface area (TPSA) is 178 Å². The van der Waals surface area contributed by atoms with E-state index >= 15 is 0 Å². The lowest BCUT2D eigenvalue weighted by Crippen LogP contribution is -2.64. The van der Waals surface area contributed by atoms with Crippen molar-refractivity contribution in [2.75, 3.05) is 65.9 Å². The third kappa shape index (κ3) is 8.61. The van der Waals surface area contributed by atoms with E-state index in [0.717, 1.165) is 12.8 Å². The molecule has 3 amide bonds. The maximum atomic E-state index is 13.4. The lowest BCUT2D eigenvalue weighted by molar-refractivity contribution is -0.141. The maximum Gasteiger partial charge on any atom is 0.258 e. The number of amides is 3. The molecule has 0 bridgehead atoms. The molecular formula is C30H40N6O7. The number of nitrogens with zero attached hydrogens (tertiary/aromatic N) is 3. The number of pyridine rings is 1. The third-order valence-corrected chi connectivity index (χ3v) is 7.54. The summed E-state index contributed by atoms with van der Waals surface area (Å²) in [5.41, 5.74) is 5.26. The zero-order valence-corrected chi connectivity index (χ0v) is 24.3. The smallest absolute Gasteiger partial charge is 0.258 e. The van der Waals surface area contributed by atoms with E-state index in [1.807, 2.05) is 0 Å². The Bertz CT molecular complexity index is 1300. The molecule has 0 unspecified atom stereocenters. The number of rotatable bonds is 17. The SMILES string of the molecule is N#C[C@@H]1CCCN1C(=O)C1(NC(=O)c2ccnc3cc(OCC(=O)NCCOCCOCCOCCN)ccc23)CCC1. The average Bonchev–Trinajstić information content (AvgIpc) is 3.49. The number of benzene rings is 1. The number of aromatic nitrogens is 1. The van der Waals surface area contributed by atoms with E-state index in [1.165, 1.54) is 6.20 Å². The van der Waals surface area contributed by atoms with Crippen molar-refractivity contribution in [1.29, 1.82) is 5.26 Å². The lowest BCUT2D eigenvalue weighted by Gasteiger charge is -2.43. The van der Waals surface area contributed by atoms with Gasteiger partial charge >= 0.3 is 0 Å². The quantitative estimate of drug-likeness (QED) is 0.222. The summed E-state index contributed by atoms with van der Waals surface area (Å²) in [5, 5.41) is 15.7. The Morgan fingerprint density at radius 3 is 2.49 bits per heavy atom. The second-order valence-electron chi connectivity index (χ2n) is 10.5. The molecule has 2 aliphatic rings. The number of carbonyl (C=O) groups is 3. The molecule has 2 heterocycles. The molecule has 1 aliphatic carbocycles. The number of fused-ring (bicyclic) bond motifs is 1. The van der Waals surface area contributed by atoms with Gasteiger partial charge in [0, 0.05) is 37.3 Å². The van der Waals surface area contributed by atoms with E-state index in [9.17, 15) is 19.6 Å². The molecule has 1 aromatic heterocycles. The van der Waals surface area contributed by atoms with Gasteiger partial charge in [0.25, 0.3) is 11.8 Å². The molecule has 4 rings (SSSR count). The summed E-state index contributed by atoms with van der Waals surface area (Å²) in [7, 11) is 0. The molecule has 43 heavy (non-hydrogen) atoms. The van der Waals surface area contributed by atoms with E-state index in [0.29, 0.717) is 101 Å². The van der Waals surface area contributed by atoms with Crippen LogP contribution in [0.5, 0.6) is 5.75 Å². The normalized spacial score (nSPS) is 17.2. The first-order valence-corrected chi connectivity index (χ1v) is 14.7. The molecule has 1 aromatic carbocycles. The summed E-state index contributed by atoms with van der Waals surface area (Å²) in [6, 6.07) is 8.42. The molecule has 0 radical (unpaired) electrons. The summed E-state index contributed by atoms with van der Waals surface area (Å²) < 4.78 is 21.6. The number of nitriles is 1. The monoisotopic (exact) mass is 596 g/mol. The van der Waals surface area contributed by atoms with Crippen molar-refractivity contribution in [3.05, 3.63) is 36.0 Å². The van der Waals surface area contributed by atoms with Gasteiger partial charge in [-0.3, -0.25) is 19.4 Å². The number of hydrogen-bond donors (Lipinski definition) is 3. The van der Waals surface area contributed by atoms with Gasteiger partial charge in [0.15, 0.2) is 6.61 Å². The Morgan fingerprint density at radius 2 is 1.79 bits per heavy atom. The first-order valence-electron chi connectivity index (χ1n) is 14.7. The number of nitrogens with one attached hydrogen (secondary N) is 2. The minimum atomic E-state index is -0.985. The summed E-state index contributed by atoms with van der Waals surface area (Å²) in [5.74, 6) is -0.417. The highest BCUT2D eigenvalue weighted by Gasteiger charge is 2.49. The predicted molar refractivity (Wildman–Crippen MR) is 156 cm³/mol. The van der Waals surface area contributed by atoms with Gasteiger partial charge in [0.05, 0.1) is 56.8 Å². The van der Waals surface area contributed by atoms with Crippen molar-refractivity contribution < 1.29 is 33.3 Å².